The Morgan fingerprint density at radius 2 is 1.12 bits per heavy atom. The standard InChI is InChI=1S/C71H49N3O2/c1-2-46-68(54-29-17-33-63-66(54)52-26-12-14-31-61(52)75-63)72-71(55-30-16-28-51-49(36-34-42-18-4-3-5-19-42)48-24-10-11-25-50(48)64(51)55)73-69(46)56-37-39-59(67-53-27-13-15-32-62(53)76-70(56)67)74-58-38-35-43-20-8-9-23-47(43)65(58)57-40-44-21-6-7-22-45(44)41-60(57)74/h3-33,35,37-41,46,49,68H,2,34,36H2,1H3/t46?,49-,68?/m0/s1. The Hall–Kier alpha value is -9.32. The Kier molecular flexibility index (Phi) is 9.56. The Balaban J connectivity index is 0.957. The molecule has 4 heterocycles. The molecular formula is C71H49N3O2. The van der Waals surface area contributed by atoms with Crippen molar-refractivity contribution in [1.82, 2.24) is 4.57 Å². The molecule has 1 aliphatic carbocycles. The molecule has 0 bridgehead atoms. The maximum Gasteiger partial charge on any atom is 0.156 e. The molecule has 11 aromatic carbocycles. The van der Waals surface area contributed by atoms with E-state index in [1.165, 1.54) is 60.1 Å². The lowest BCUT2D eigenvalue weighted by atomic mass is 9.81. The molecule has 0 saturated heterocycles. The maximum atomic E-state index is 7.28. The highest BCUT2D eigenvalue weighted by Crippen LogP contribution is 2.51. The number of amidine groups is 1. The zero-order valence-corrected chi connectivity index (χ0v) is 41.9. The molecule has 2 aliphatic rings. The molecule has 3 aromatic heterocycles. The van der Waals surface area contributed by atoms with Crippen LogP contribution in [0.1, 0.15) is 65.1 Å². The predicted octanol–water partition coefficient (Wildman–Crippen LogP) is 18.7. The van der Waals surface area contributed by atoms with Gasteiger partial charge >= 0.3 is 0 Å². The first-order valence-corrected chi connectivity index (χ1v) is 26.8. The normalized spacial score (nSPS) is 16.4. The molecule has 14 aromatic rings. The molecule has 3 atom stereocenters. The summed E-state index contributed by atoms with van der Waals surface area (Å²) in [5.74, 6) is 0.863. The van der Waals surface area contributed by atoms with E-state index in [4.69, 9.17) is 18.8 Å². The number of nitrogens with zero attached hydrogens (tertiary/aromatic N) is 3. The van der Waals surface area contributed by atoms with Gasteiger partial charge in [0.2, 0.25) is 0 Å². The number of hydrogen-bond acceptors (Lipinski definition) is 4. The van der Waals surface area contributed by atoms with Gasteiger partial charge in [-0.05, 0) is 123 Å². The molecule has 0 radical (unpaired) electrons. The van der Waals surface area contributed by atoms with Gasteiger partial charge in [0.1, 0.15) is 22.3 Å². The summed E-state index contributed by atoms with van der Waals surface area (Å²) in [5.41, 5.74) is 17.5. The van der Waals surface area contributed by atoms with Gasteiger partial charge in [0, 0.05) is 49.9 Å². The monoisotopic (exact) mass is 975 g/mol. The minimum atomic E-state index is -0.295. The van der Waals surface area contributed by atoms with Crippen molar-refractivity contribution in [2.24, 2.45) is 15.9 Å². The van der Waals surface area contributed by atoms with Crippen LogP contribution < -0.4 is 0 Å². The second kappa shape index (κ2) is 16.9. The fraction of sp³-hybridized carbons (Fsp3) is 0.0986. The van der Waals surface area contributed by atoms with E-state index in [0.29, 0.717) is 0 Å². The van der Waals surface area contributed by atoms with Crippen LogP contribution in [0.25, 0.3) is 104 Å². The van der Waals surface area contributed by atoms with Crippen molar-refractivity contribution in [2.45, 2.75) is 38.1 Å². The van der Waals surface area contributed by atoms with E-state index < -0.39 is 0 Å². The molecule has 1 aliphatic heterocycles. The molecule has 5 nitrogen and oxygen atoms in total. The SMILES string of the molecule is CCC1C(c2ccc(-n3c4cc5ccccc5cc4c4c5ccccc5ccc43)c3c2oc2ccccc23)=NC(c2cccc3c2-c2ccccc2[C@@H]3CCc2ccccc2)=NC1c1cccc2oc3ccccc3c12. The number of hydrogen-bond donors (Lipinski definition) is 0. The van der Waals surface area contributed by atoms with Crippen LogP contribution in [0.4, 0.5) is 0 Å². The highest BCUT2D eigenvalue weighted by atomic mass is 16.3. The Bertz CT molecular complexity index is 4780. The summed E-state index contributed by atoms with van der Waals surface area (Å²) in [6.07, 6.45) is 2.78. The summed E-state index contributed by atoms with van der Waals surface area (Å²) >= 11 is 0. The van der Waals surface area contributed by atoms with Gasteiger partial charge in [-0.2, -0.15) is 0 Å². The molecule has 0 spiro atoms. The number of aliphatic imine (C=N–C) groups is 2. The van der Waals surface area contributed by atoms with E-state index in [9.17, 15) is 0 Å². The number of benzene rings is 11. The van der Waals surface area contributed by atoms with Crippen molar-refractivity contribution in [3.63, 3.8) is 0 Å². The topological polar surface area (TPSA) is 55.9 Å². The van der Waals surface area contributed by atoms with E-state index in [1.54, 1.807) is 0 Å². The van der Waals surface area contributed by atoms with Crippen molar-refractivity contribution in [3.05, 3.63) is 258 Å². The molecule has 5 heteroatoms. The van der Waals surface area contributed by atoms with Crippen LogP contribution in [0.5, 0.6) is 0 Å². The largest absolute Gasteiger partial charge is 0.456 e. The highest BCUT2D eigenvalue weighted by Gasteiger charge is 2.38. The van der Waals surface area contributed by atoms with Gasteiger partial charge in [0.05, 0.1) is 33.9 Å². The average molecular weight is 976 g/mol. The third-order valence-electron chi connectivity index (χ3n) is 16.8. The third-order valence-corrected chi connectivity index (χ3v) is 16.8. The Morgan fingerprint density at radius 1 is 0.461 bits per heavy atom. The summed E-state index contributed by atoms with van der Waals surface area (Å²) in [7, 11) is 0. The first kappa shape index (κ1) is 43.1. The van der Waals surface area contributed by atoms with Crippen LogP contribution in [0, 0.1) is 5.92 Å². The smallest absolute Gasteiger partial charge is 0.156 e. The van der Waals surface area contributed by atoms with Crippen LogP contribution in [0.15, 0.2) is 243 Å². The highest BCUT2D eigenvalue weighted by molar-refractivity contribution is 6.27. The van der Waals surface area contributed by atoms with Crippen LogP contribution in [0.3, 0.4) is 0 Å². The average Bonchev–Trinajstić information content (AvgIpc) is 4.27. The summed E-state index contributed by atoms with van der Waals surface area (Å²) in [6, 6.07) is 81.3. The molecule has 0 amide bonds. The summed E-state index contributed by atoms with van der Waals surface area (Å²) < 4.78 is 16.4. The predicted molar refractivity (Wildman–Crippen MR) is 315 cm³/mol. The van der Waals surface area contributed by atoms with Crippen LogP contribution in [-0.2, 0) is 6.42 Å². The van der Waals surface area contributed by atoms with Gasteiger partial charge in [-0.15, -0.1) is 0 Å². The van der Waals surface area contributed by atoms with Gasteiger partial charge in [0.25, 0.3) is 0 Å². The minimum Gasteiger partial charge on any atom is -0.456 e. The lowest BCUT2D eigenvalue weighted by Gasteiger charge is -2.31. The number of aryl methyl sites for hydroxylation is 1. The van der Waals surface area contributed by atoms with Crippen molar-refractivity contribution in [1.29, 1.82) is 0 Å². The molecule has 0 saturated carbocycles. The van der Waals surface area contributed by atoms with Crippen LogP contribution in [0.2, 0.25) is 0 Å². The lowest BCUT2D eigenvalue weighted by molar-refractivity contribution is 0.535. The molecule has 76 heavy (non-hydrogen) atoms. The van der Waals surface area contributed by atoms with E-state index in [2.05, 4.69) is 230 Å². The molecule has 2 unspecified atom stereocenters. The molecular weight excluding hydrogens is 927 g/mol. The number of rotatable bonds is 8. The molecule has 360 valence electrons. The number of aromatic nitrogens is 1. The van der Waals surface area contributed by atoms with Crippen molar-refractivity contribution in [2.75, 3.05) is 0 Å². The summed E-state index contributed by atoms with van der Waals surface area (Å²) in [4.78, 5) is 11.8. The number of fused-ring (bicyclic) bond motifs is 15. The van der Waals surface area contributed by atoms with Gasteiger partial charge in [-0.25, -0.2) is 4.99 Å². The van der Waals surface area contributed by atoms with E-state index in [-0.39, 0.29) is 17.9 Å². The zero-order valence-electron chi connectivity index (χ0n) is 41.9. The summed E-state index contributed by atoms with van der Waals surface area (Å²) in [6.45, 7) is 2.28. The maximum absolute atomic E-state index is 7.28. The van der Waals surface area contributed by atoms with Crippen LogP contribution >= 0.6 is 0 Å². The van der Waals surface area contributed by atoms with E-state index >= 15 is 0 Å². The minimum absolute atomic E-state index is 0.112. The fourth-order valence-electron chi connectivity index (χ4n) is 13.5. The van der Waals surface area contributed by atoms with Gasteiger partial charge in [0.15, 0.2) is 5.84 Å². The lowest BCUT2D eigenvalue weighted by Crippen LogP contribution is -2.28. The third kappa shape index (κ3) is 6.38. The Morgan fingerprint density at radius 3 is 1.96 bits per heavy atom. The molecule has 0 fully saturated rings. The number of furan rings is 2. The summed E-state index contributed by atoms with van der Waals surface area (Å²) in [5, 5.41) is 11.7. The first-order chi connectivity index (χ1) is 37.7. The van der Waals surface area contributed by atoms with Crippen molar-refractivity contribution in [3.8, 4) is 16.8 Å². The molecule has 16 rings (SSSR count). The quantitative estimate of drug-likeness (QED) is 0.152. The van der Waals surface area contributed by atoms with E-state index in [1.807, 2.05) is 6.07 Å². The first-order valence-electron chi connectivity index (χ1n) is 26.8. The van der Waals surface area contributed by atoms with Crippen molar-refractivity contribution >= 4 is 98.8 Å². The Labute approximate surface area is 438 Å². The second-order valence-electron chi connectivity index (χ2n) is 20.8. The van der Waals surface area contributed by atoms with Gasteiger partial charge < -0.3 is 13.4 Å². The van der Waals surface area contributed by atoms with Crippen molar-refractivity contribution < 1.29 is 8.83 Å². The second-order valence-corrected chi connectivity index (χ2v) is 20.8. The zero-order chi connectivity index (χ0) is 50.0. The van der Waals surface area contributed by atoms with Crippen LogP contribution in [-0.4, -0.2) is 16.1 Å². The van der Waals surface area contributed by atoms with Gasteiger partial charge in [-0.3, -0.25) is 4.99 Å². The van der Waals surface area contributed by atoms with Gasteiger partial charge in [-0.1, -0.05) is 183 Å². The molecule has 0 N–H and O–H groups in total. The number of para-hydroxylation sites is 2. The van der Waals surface area contributed by atoms with E-state index in [0.717, 1.165) is 108 Å². The fourth-order valence-corrected chi connectivity index (χ4v) is 13.5.